The number of hydrogen-bond donors (Lipinski definition) is 1. The Morgan fingerprint density at radius 3 is 2.29 bits per heavy atom. The molecule has 1 heterocycles. The van der Waals surface area contributed by atoms with Gasteiger partial charge in [-0.1, -0.05) is 19.3 Å². The predicted molar refractivity (Wildman–Crippen MR) is 92.5 cm³/mol. The van der Waals surface area contributed by atoms with Crippen LogP contribution < -0.4 is 5.32 Å². The third-order valence-corrected chi connectivity index (χ3v) is 5.63. The maximum Gasteiger partial charge on any atom is 0.225 e. The van der Waals surface area contributed by atoms with E-state index in [1.807, 2.05) is 4.90 Å². The first kappa shape index (κ1) is 17.7. The molecule has 2 aliphatic carbocycles. The fourth-order valence-corrected chi connectivity index (χ4v) is 3.86. The van der Waals surface area contributed by atoms with Gasteiger partial charge in [-0.3, -0.25) is 9.59 Å². The van der Waals surface area contributed by atoms with Gasteiger partial charge >= 0.3 is 0 Å². The van der Waals surface area contributed by atoms with Crippen molar-refractivity contribution in [3.63, 3.8) is 0 Å². The van der Waals surface area contributed by atoms with Crippen LogP contribution in [0.1, 0.15) is 64.2 Å². The Morgan fingerprint density at radius 2 is 1.62 bits per heavy atom. The summed E-state index contributed by atoms with van der Waals surface area (Å²) in [4.78, 5) is 26.2. The molecule has 3 fully saturated rings. The van der Waals surface area contributed by atoms with Crippen LogP contribution in [0.3, 0.4) is 0 Å². The summed E-state index contributed by atoms with van der Waals surface area (Å²) in [5, 5.41) is 3.05. The molecule has 24 heavy (non-hydrogen) atoms. The van der Waals surface area contributed by atoms with E-state index in [1.165, 1.54) is 32.1 Å². The zero-order valence-corrected chi connectivity index (χ0v) is 14.8. The first-order valence-corrected chi connectivity index (χ1v) is 9.92. The molecule has 0 radical (unpaired) electrons. The lowest BCUT2D eigenvalue weighted by molar-refractivity contribution is -0.136. The standard InChI is InChI=1S/C19H32N2O3/c22-18(20-11-4-14-24-17-5-2-1-3-6-17)15-9-12-21(13-10-15)19(23)16-7-8-16/h15-17H,1-14H2,(H,20,22). The number of likely N-dealkylation sites (tertiary alicyclic amines) is 1. The van der Waals surface area contributed by atoms with Crippen molar-refractivity contribution in [2.75, 3.05) is 26.2 Å². The third kappa shape index (κ3) is 5.20. The molecule has 1 aliphatic heterocycles. The van der Waals surface area contributed by atoms with E-state index in [0.29, 0.717) is 24.5 Å². The number of piperidine rings is 1. The van der Waals surface area contributed by atoms with Crippen LogP contribution in [0, 0.1) is 11.8 Å². The predicted octanol–water partition coefficient (Wildman–Crippen LogP) is 2.49. The molecule has 3 rings (SSSR count). The first-order valence-electron chi connectivity index (χ1n) is 9.92. The molecular weight excluding hydrogens is 304 g/mol. The summed E-state index contributed by atoms with van der Waals surface area (Å²) in [5.41, 5.74) is 0. The molecule has 0 unspecified atom stereocenters. The highest BCUT2D eigenvalue weighted by molar-refractivity contribution is 5.82. The summed E-state index contributed by atoms with van der Waals surface area (Å²) in [5.74, 6) is 0.840. The van der Waals surface area contributed by atoms with Crippen LogP contribution in [0.4, 0.5) is 0 Å². The number of ether oxygens (including phenoxy) is 1. The quantitative estimate of drug-likeness (QED) is 0.727. The van der Waals surface area contributed by atoms with E-state index >= 15 is 0 Å². The third-order valence-electron chi connectivity index (χ3n) is 5.63. The monoisotopic (exact) mass is 336 g/mol. The maximum atomic E-state index is 12.2. The van der Waals surface area contributed by atoms with E-state index in [1.54, 1.807) is 0 Å². The van der Waals surface area contributed by atoms with Crippen LogP contribution >= 0.6 is 0 Å². The average Bonchev–Trinajstić information content (AvgIpc) is 3.47. The molecule has 0 aromatic heterocycles. The van der Waals surface area contributed by atoms with Crippen molar-refractivity contribution in [3.05, 3.63) is 0 Å². The molecular formula is C19H32N2O3. The smallest absolute Gasteiger partial charge is 0.225 e. The molecule has 2 saturated carbocycles. The van der Waals surface area contributed by atoms with Gasteiger partial charge in [-0.2, -0.15) is 0 Å². The molecule has 0 aromatic carbocycles. The van der Waals surface area contributed by atoms with Crippen molar-refractivity contribution in [1.82, 2.24) is 10.2 Å². The van der Waals surface area contributed by atoms with Gasteiger partial charge in [0.2, 0.25) is 11.8 Å². The van der Waals surface area contributed by atoms with E-state index in [9.17, 15) is 9.59 Å². The van der Waals surface area contributed by atoms with Gasteiger partial charge in [-0.25, -0.2) is 0 Å². The van der Waals surface area contributed by atoms with Crippen LogP contribution in [-0.4, -0.2) is 49.1 Å². The molecule has 0 spiro atoms. The normalized spacial score (nSPS) is 23.2. The Kier molecular flexibility index (Phi) is 6.52. The van der Waals surface area contributed by atoms with Crippen molar-refractivity contribution in [1.29, 1.82) is 0 Å². The van der Waals surface area contributed by atoms with E-state index < -0.39 is 0 Å². The van der Waals surface area contributed by atoms with E-state index in [0.717, 1.165) is 51.8 Å². The molecule has 5 nitrogen and oxygen atoms in total. The summed E-state index contributed by atoms with van der Waals surface area (Å²) in [7, 11) is 0. The first-order chi connectivity index (χ1) is 11.7. The Bertz CT molecular complexity index is 422. The molecule has 136 valence electrons. The number of hydrogen-bond acceptors (Lipinski definition) is 3. The van der Waals surface area contributed by atoms with E-state index in [4.69, 9.17) is 4.74 Å². The number of carbonyl (C=O) groups excluding carboxylic acids is 2. The van der Waals surface area contributed by atoms with E-state index in [2.05, 4.69) is 5.32 Å². The highest BCUT2D eigenvalue weighted by Crippen LogP contribution is 2.32. The van der Waals surface area contributed by atoms with Gasteiger partial charge in [0.05, 0.1) is 6.10 Å². The Labute approximate surface area is 145 Å². The van der Waals surface area contributed by atoms with Gasteiger partial charge in [0.15, 0.2) is 0 Å². The number of nitrogens with one attached hydrogen (secondary N) is 1. The Hall–Kier alpha value is -1.10. The molecule has 1 N–H and O–H groups in total. The van der Waals surface area contributed by atoms with Crippen molar-refractivity contribution in [2.24, 2.45) is 11.8 Å². The second-order valence-electron chi connectivity index (χ2n) is 7.65. The second kappa shape index (κ2) is 8.84. The number of rotatable bonds is 7. The summed E-state index contributed by atoms with van der Waals surface area (Å²) in [6, 6.07) is 0. The van der Waals surface area contributed by atoms with Crippen molar-refractivity contribution < 1.29 is 14.3 Å². The minimum absolute atomic E-state index is 0.0764. The molecule has 1 saturated heterocycles. The number of amides is 2. The molecule has 3 aliphatic rings. The fraction of sp³-hybridized carbons (Fsp3) is 0.895. The molecule has 0 bridgehead atoms. The van der Waals surface area contributed by atoms with Crippen molar-refractivity contribution in [3.8, 4) is 0 Å². The minimum atomic E-state index is 0.0764. The van der Waals surface area contributed by atoms with Crippen molar-refractivity contribution in [2.45, 2.75) is 70.3 Å². The minimum Gasteiger partial charge on any atom is -0.378 e. The van der Waals surface area contributed by atoms with Gasteiger partial charge in [0, 0.05) is 38.1 Å². The lowest BCUT2D eigenvalue weighted by Crippen LogP contribution is -2.43. The largest absolute Gasteiger partial charge is 0.378 e. The highest BCUT2D eigenvalue weighted by atomic mass is 16.5. The fourth-order valence-electron chi connectivity index (χ4n) is 3.86. The summed E-state index contributed by atoms with van der Waals surface area (Å²) < 4.78 is 5.88. The van der Waals surface area contributed by atoms with Crippen molar-refractivity contribution >= 4 is 11.8 Å². The number of carbonyl (C=O) groups is 2. The zero-order chi connectivity index (χ0) is 16.8. The molecule has 0 aromatic rings. The molecule has 2 amide bonds. The summed E-state index contributed by atoms with van der Waals surface area (Å²) in [6.07, 6.45) is 11.4. The van der Waals surface area contributed by atoms with Gasteiger partial charge in [0.25, 0.3) is 0 Å². The van der Waals surface area contributed by atoms with Crippen LogP contribution in [-0.2, 0) is 14.3 Å². The summed E-state index contributed by atoms with van der Waals surface area (Å²) >= 11 is 0. The lowest BCUT2D eigenvalue weighted by atomic mass is 9.95. The Balaban J connectivity index is 1.24. The topological polar surface area (TPSA) is 58.6 Å². The van der Waals surface area contributed by atoms with Crippen LogP contribution in [0.2, 0.25) is 0 Å². The molecule has 5 heteroatoms. The van der Waals surface area contributed by atoms with Crippen LogP contribution in [0.15, 0.2) is 0 Å². The Morgan fingerprint density at radius 1 is 0.917 bits per heavy atom. The van der Waals surface area contributed by atoms with Gasteiger partial charge in [-0.05, 0) is 44.9 Å². The zero-order valence-electron chi connectivity index (χ0n) is 14.8. The van der Waals surface area contributed by atoms with Crippen LogP contribution in [0.5, 0.6) is 0 Å². The van der Waals surface area contributed by atoms with Gasteiger partial charge in [-0.15, -0.1) is 0 Å². The highest BCUT2D eigenvalue weighted by Gasteiger charge is 2.35. The molecule has 0 atom stereocenters. The second-order valence-corrected chi connectivity index (χ2v) is 7.65. The maximum absolute atomic E-state index is 12.2. The SMILES string of the molecule is O=C(NCCCOC1CCCCC1)C1CCN(C(=O)C2CC2)CC1. The lowest BCUT2D eigenvalue weighted by Gasteiger charge is -2.31. The van der Waals surface area contributed by atoms with Gasteiger partial charge < -0.3 is 15.0 Å². The average molecular weight is 336 g/mol. The van der Waals surface area contributed by atoms with Crippen LogP contribution in [0.25, 0.3) is 0 Å². The van der Waals surface area contributed by atoms with Gasteiger partial charge in [0.1, 0.15) is 0 Å². The number of nitrogens with zero attached hydrogens (tertiary/aromatic N) is 1. The summed E-state index contributed by atoms with van der Waals surface area (Å²) in [6.45, 7) is 2.95. The van der Waals surface area contributed by atoms with E-state index in [-0.39, 0.29) is 11.8 Å².